The number of hydrogen-bond donors (Lipinski definition) is 1. The SMILES string of the molecule is CCCCN(C)CCCNC(C)CC(C)(C)C. The average molecular weight is 242 g/mol. The van der Waals surface area contributed by atoms with Crippen molar-refractivity contribution in [3.8, 4) is 0 Å². The molecule has 0 aromatic rings. The van der Waals surface area contributed by atoms with Crippen molar-refractivity contribution in [3.63, 3.8) is 0 Å². The lowest BCUT2D eigenvalue weighted by Gasteiger charge is -2.24. The van der Waals surface area contributed by atoms with E-state index in [9.17, 15) is 0 Å². The first-order chi connectivity index (χ1) is 7.85. The van der Waals surface area contributed by atoms with Crippen LogP contribution in [0.2, 0.25) is 0 Å². The lowest BCUT2D eigenvalue weighted by molar-refractivity contribution is 0.299. The molecule has 0 saturated carbocycles. The molecule has 0 radical (unpaired) electrons. The third-order valence-electron chi connectivity index (χ3n) is 3.02. The Balaban J connectivity index is 3.44. The minimum absolute atomic E-state index is 0.435. The van der Waals surface area contributed by atoms with Crippen LogP contribution in [0, 0.1) is 5.41 Å². The average Bonchev–Trinajstić information content (AvgIpc) is 2.19. The van der Waals surface area contributed by atoms with Crippen LogP contribution in [0.5, 0.6) is 0 Å². The Morgan fingerprint density at radius 2 is 1.71 bits per heavy atom. The highest BCUT2D eigenvalue weighted by Gasteiger charge is 2.14. The second-order valence-electron chi connectivity index (χ2n) is 6.63. The normalized spacial score (nSPS) is 14.3. The largest absolute Gasteiger partial charge is 0.314 e. The Bertz CT molecular complexity index is 172. The van der Waals surface area contributed by atoms with Crippen molar-refractivity contribution in [2.45, 2.75) is 66.3 Å². The van der Waals surface area contributed by atoms with E-state index in [1.807, 2.05) is 0 Å². The second kappa shape index (κ2) is 8.93. The summed E-state index contributed by atoms with van der Waals surface area (Å²) in [5.41, 5.74) is 0.435. The smallest absolute Gasteiger partial charge is 0.00437 e. The van der Waals surface area contributed by atoms with E-state index in [0.717, 1.165) is 6.54 Å². The summed E-state index contributed by atoms with van der Waals surface area (Å²) >= 11 is 0. The summed E-state index contributed by atoms with van der Waals surface area (Å²) in [6.45, 7) is 15.1. The molecular weight excluding hydrogens is 208 g/mol. The van der Waals surface area contributed by atoms with E-state index in [4.69, 9.17) is 0 Å². The maximum atomic E-state index is 3.62. The maximum absolute atomic E-state index is 3.62. The third-order valence-corrected chi connectivity index (χ3v) is 3.02. The molecule has 0 aromatic carbocycles. The predicted octanol–water partition coefficient (Wildman–Crippen LogP) is 3.52. The number of unbranched alkanes of at least 4 members (excludes halogenated alkanes) is 1. The van der Waals surface area contributed by atoms with Crippen LogP contribution in [0.3, 0.4) is 0 Å². The summed E-state index contributed by atoms with van der Waals surface area (Å²) in [6.07, 6.45) is 5.13. The first-order valence-electron chi connectivity index (χ1n) is 7.27. The third kappa shape index (κ3) is 12.2. The molecule has 0 rings (SSSR count). The first-order valence-corrected chi connectivity index (χ1v) is 7.27. The number of nitrogens with zero attached hydrogens (tertiary/aromatic N) is 1. The van der Waals surface area contributed by atoms with Crippen molar-refractivity contribution in [1.82, 2.24) is 10.2 Å². The molecule has 1 N–H and O–H groups in total. The summed E-state index contributed by atoms with van der Waals surface area (Å²) in [4.78, 5) is 2.44. The van der Waals surface area contributed by atoms with Crippen molar-refractivity contribution in [3.05, 3.63) is 0 Å². The van der Waals surface area contributed by atoms with Crippen LogP contribution < -0.4 is 5.32 Å². The predicted molar refractivity (Wildman–Crippen MR) is 78.6 cm³/mol. The van der Waals surface area contributed by atoms with Gasteiger partial charge in [0.25, 0.3) is 0 Å². The van der Waals surface area contributed by atoms with Gasteiger partial charge >= 0.3 is 0 Å². The van der Waals surface area contributed by atoms with Crippen LogP contribution in [0.4, 0.5) is 0 Å². The highest BCUT2D eigenvalue weighted by molar-refractivity contribution is 4.70. The highest BCUT2D eigenvalue weighted by Crippen LogP contribution is 2.20. The van der Waals surface area contributed by atoms with Crippen molar-refractivity contribution in [1.29, 1.82) is 0 Å². The van der Waals surface area contributed by atoms with Gasteiger partial charge in [0.1, 0.15) is 0 Å². The molecule has 0 aromatic heterocycles. The van der Waals surface area contributed by atoms with Crippen molar-refractivity contribution >= 4 is 0 Å². The zero-order valence-corrected chi connectivity index (χ0v) is 13.0. The van der Waals surface area contributed by atoms with Crippen LogP contribution in [-0.2, 0) is 0 Å². The molecular formula is C15H34N2. The highest BCUT2D eigenvalue weighted by atomic mass is 15.1. The molecule has 2 nitrogen and oxygen atoms in total. The minimum atomic E-state index is 0.435. The fourth-order valence-electron chi connectivity index (χ4n) is 2.23. The summed E-state index contributed by atoms with van der Waals surface area (Å²) in [6, 6.07) is 0.635. The zero-order chi connectivity index (χ0) is 13.3. The first kappa shape index (κ1) is 16.9. The molecule has 1 atom stereocenters. The lowest BCUT2D eigenvalue weighted by atomic mass is 9.89. The van der Waals surface area contributed by atoms with Crippen LogP contribution in [0.25, 0.3) is 0 Å². The second-order valence-corrected chi connectivity index (χ2v) is 6.63. The van der Waals surface area contributed by atoms with Crippen molar-refractivity contribution in [2.75, 3.05) is 26.7 Å². The van der Waals surface area contributed by atoms with E-state index in [0.29, 0.717) is 11.5 Å². The fraction of sp³-hybridized carbons (Fsp3) is 1.00. The molecule has 0 heterocycles. The van der Waals surface area contributed by atoms with E-state index in [1.165, 1.54) is 38.8 Å². The van der Waals surface area contributed by atoms with Gasteiger partial charge in [-0.25, -0.2) is 0 Å². The standard InChI is InChI=1S/C15H34N2/c1-7-8-11-17(6)12-9-10-16-14(2)13-15(3,4)5/h14,16H,7-13H2,1-6H3. The number of hydrogen-bond acceptors (Lipinski definition) is 2. The van der Waals surface area contributed by atoms with E-state index in [2.05, 4.69) is 51.9 Å². The molecule has 0 fully saturated rings. The molecule has 2 heteroatoms. The van der Waals surface area contributed by atoms with Gasteiger partial charge < -0.3 is 10.2 Å². The molecule has 0 bridgehead atoms. The summed E-state index contributed by atoms with van der Waals surface area (Å²) in [5.74, 6) is 0. The van der Waals surface area contributed by atoms with Gasteiger partial charge in [0.15, 0.2) is 0 Å². The van der Waals surface area contributed by atoms with Gasteiger partial charge in [-0.15, -0.1) is 0 Å². The molecule has 104 valence electrons. The van der Waals surface area contributed by atoms with Gasteiger partial charge in [-0.05, 0) is 58.3 Å². The van der Waals surface area contributed by atoms with Gasteiger partial charge in [0, 0.05) is 6.04 Å². The van der Waals surface area contributed by atoms with E-state index >= 15 is 0 Å². The monoisotopic (exact) mass is 242 g/mol. The van der Waals surface area contributed by atoms with E-state index < -0.39 is 0 Å². The molecule has 0 aliphatic heterocycles. The topological polar surface area (TPSA) is 15.3 Å². The summed E-state index contributed by atoms with van der Waals surface area (Å²) in [7, 11) is 2.23. The number of nitrogens with one attached hydrogen (secondary N) is 1. The number of rotatable bonds is 9. The molecule has 1 unspecified atom stereocenters. The Morgan fingerprint density at radius 1 is 1.12 bits per heavy atom. The van der Waals surface area contributed by atoms with E-state index in [-0.39, 0.29) is 0 Å². The maximum Gasteiger partial charge on any atom is 0.00437 e. The Hall–Kier alpha value is -0.0800. The molecule has 17 heavy (non-hydrogen) atoms. The van der Waals surface area contributed by atoms with Crippen LogP contribution >= 0.6 is 0 Å². The van der Waals surface area contributed by atoms with Gasteiger partial charge in [-0.2, -0.15) is 0 Å². The van der Waals surface area contributed by atoms with E-state index in [1.54, 1.807) is 0 Å². The van der Waals surface area contributed by atoms with Crippen LogP contribution in [0.15, 0.2) is 0 Å². The minimum Gasteiger partial charge on any atom is -0.314 e. The van der Waals surface area contributed by atoms with Gasteiger partial charge in [0.05, 0.1) is 0 Å². The quantitative estimate of drug-likeness (QED) is 0.622. The van der Waals surface area contributed by atoms with Gasteiger partial charge in [-0.1, -0.05) is 34.1 Å². The van der Waals surface area contributed by atoms with Crippen LogP contribution in [0.1, 0.15) is 60.3 Å². The summed E-state index contributed by atoms with van der Waals surface area (Å²) in [5, 5.41) is 3.62. The fourth-order valence-corrected chi connectivity index (χ4v) is 2.23. The lowest BCUT2D eigenvalue weighted by Crippen LogP contribution is -2.32. The zero-order valence-electron chi connectivity index (χ0n) is 13.0. The molecule has 0 aliphatic rings. The Kier molecular flexibility index (Phi) is 8.89. The van der Waals surface area contributed by atoms with Crippen molar-refractivity contribution < 1.29 is 0 Å². The summed E-state index contributed by atoms with van der Waals surface area (Å²) < 4.78 is 0. The van der Waals surface area contributed by atoms with Gasteiger partial charge in [0.2, 0.25) is 0 Å². The Labute approximate surface area is 109 Å². The van der Waals surface area contributed by atoms with Crippen molar-refractivity contribution in [2.24, 2.45) is 5.41 Å². The van der Waals surface area contributed by atoms with Gasteiger partial charge in [-0.3, -0.25) is 0 Å². The molecule has 0 spiro atoms. The molecule has 0 saturated heterocycles. The molecule has 0 aliphatic carbocycles. The van der Waals surface area contributed by atoms with Crippen LogP contribution in [-0.4, -0.2) is 37.6 Å². The Morgan fingerprint density at radius 3 is 2.24 bits per heavy atom. The molecule has 0 amide bonds.